The lowest BCUT2D eigenvalue weighted by atomic mass is 10.1. The molecule has 24 heavy (non-hydrogen) atoms. The second-order valence-corrected chi connectivity index (χ2v) is 6.61. The largest absolute Gasteiger partial charge is 0.324 e. The van der Waals surface area contributed by atoms with Crippen molar-refractivity contribution in [1.82, 2.24) is 4.90 Å². The molecule has 1 N–H and O–H groups in total. The Morgan fingerprint density at radius 2 is 1.79 bits per heavy atom. The van der Waals surface area contributed by atoms with Gasteiger partial charge in [-0.1, -0.05) is 48.9 Å². The van der Waals surface area contributed by atoms with Crippen molar-refractivity contribution in [3.8, 4) is 0 Å². The van der Waals surface area contributed by atoms with E-state index in [9.17, 15) is 4.79 Å². The fourth-order valence-electron chi connectivity index (χ4n) is 3.00. The van der Waals surface area contributed by atoms with Crippen LogP contribution in [-0.4, -0.2) is 24.4 Å². The van der Waals surface area contributed by atoms with E-state index in [2.05, 4.69) is 55.3 Å². The zero-order valence-electron chi connectivity index (χ0n) is 15.4. The molecular weight excluding hydrogens is 296 g/mol. The Labute approximate surface area is 145 Å². The van der Waals surface area contributed by atoms with Crippen LogP contribution in [-0.2, 0) is 17.8 Å². The fraction of sp³-hybridized carbons (Fsp3) is 0.381. The topological polar surface area (TPSA) is 32.3 Å². The molecule has 0 aliphatic carbocycles. The number of amides is 1. The first-order chi connectivity index (χ1) is 11.4. The SMILES string of the molecule is CCc1cccc(C)c1NC(=O)CN(C)Cc1ccc(C)cc1C. The molecule has 2 rings (SSSR count). The molecule has 2 aromatic rings. The summed E-state index contributed by atoms with van der Waals surface area (Å²) >= 11 is 0. The van der Waals surface area contributed by atoms with Crippen molar-refractivity contribution >= 4 is 11.6 Å². The molecule has 0 aliphatic rings. The molecule has 0 saturated heterocycles. The van der Waals surface area contributed by atoms with Gasteiger partial charge in [-0.05, 0) is 56.5 Å². The Morgan fingerprint density at radius 3 is 2.46 bits per heavy atom. The van der Waals surface area contributed by atoms with E-state index in [1.165, 1.54) is 22.3 Å². The van der Waals surface area contributed by atoms with Crippen molar-refractivity contribution in [1.29, 1.82) is 0 Å². The highest BCUT2D eigenvalue weighted by molar-refractivity contribution is 5.93. The third-order valence-electron chi connectivity index (χ3n) is 4.36. The van der Waals surface area contributed by atoms with Gasteiger partial charge >= 0.3 is 0 Å². The highest BCUT2D eigenvalue weighted by Gasteiger charge is 2.12. The molecule has 0 spiro atoms. The van der Waals surface area contributed by atoms with E-state index in [1.54, 1.807) is 0 Å². The summed E-state index contributed by atoms with van der Waals surface area (Å²) in [4.78, 5) is 14.5. The number of carbonyl (C=O) groups is 1. The zero-order valence-corrected chi connectivity index (χ0v) is 15.4. The summed E-state index contributed by atoms with van der Waals surface area (Å²) in [5.41, 5.74) is 7.06. The van der Waals surface area contributed by atoms with Gasteiger partial charge in [-0.3, -0.25) is 9.69 Å². The van der Waals surface area contributed by atoms with Gasteiger partial charge in [-0.25, -0.2) is 0 Å². The summed E-state index contributed by atoms with van der Waals surface area (Å²) in [6.45, 7) is 9.52. The number of nitrogens with zero attached hydrogens (tertiary/aromatic N) is 1. The predicted octanol–water partition coefficient (Wildman–Crippen LogP) is 4.24. The van der Waals surface area contributed by atoms with Crippen LogP contribution in [0, 0.1) is 20.8 Å². The van der Waals surface area contributed by atoms with Crippen LogP contribution in [0.2, 0.25) is 0 Å². The monoisotopic (exact) mass is 324 g/mol. The van der Waals surface area contributed by atoms with Gasteiger partial charge < -0.3 is 5.32 Å². The molecule has 0 bridgehead atoms. The van der Waals surface area contributed by atoms with Gasteiger partial charge in [0.15, 0.2) is 0 Å². The first-order valence-electron chi connectivity index (χ1n) is 8.53. The van der Waals surface area contributed by atoms with Crippen molar-refractivity contribution in [2.75, 3.05) is 18.9 Å². The van der Waals surface area contributed by atoms with Gasteiger partial charge in [0.1, 0.15) is 0 Å². The molecule has 3 heteroatoms. The van der Waals surface area contributed by atoms with Crippen LogP contribution in [0.3, 0.4) is 0 Å². The van der Waals surface area contributed by atoms with Gasteiger partial charge in [0.2, 0.25) is 5.91 Å². The maximum absolute atomic E-state index is 12.4. The summed E-state index contributed by atoms with van der Waals surface area (Å²) < 4.78 is 0. The van der Waals surface area contributed by atoms with E-state index < -0.39 is 0 Å². The Morgan fingerprint density at radius 1 is 1.04 bits per heavy atom. The lowest BCUT2D eigenvalue weighted by Gasteiger charge is -2.19. The summed E-state index contributed by atoms with van der Waals surface area (Å²) in [7, 11) is 1.98. The smallest absolute Gasteiger partial charge is 0.238 e. The minimum Gasteiger partial charge on any atom is -0.324 e. The number of benzene rings is 2. The van der Waals surface area contributed by atoms with Gasteiger partial charge in [-0.2, -0.15) is 0 Å². The molecular formula is C21H28N2O. The quantitative estimate of drug-likeness (QED) is 0.862. The summed E-state index contributed by atoms with van der Waals surface area (Å²) in [5.74, 6) is 0.0336. The highest BCUT2D eigenvalue weighted by Crippen LogP contribution is 2.21. The molecule has 1 amide bonds. The van der Waals surface area contributed by atoms with Gasteiger partial charge in [0.05, 0.1) is 6.54 Å². The minimum absolute atomic E-state index is 0.0336. The Hall–Kier alpha value is -2.13. The average Bonchev–Trinajstić information content (AvgIpc) is 2.52. The Balaban J connectivity index is 1.99. The molecule has 0 radical (unpaired) electrons. The molecule has 0 aromatic heterocycles. The normalized spacial score (nSPS) is 10.9. The van der Waals surface area contributed by atoms with Crippen LogP contribution in [0.5, 0.6) is 0 Å². The van der Waals surface area contributed by atoms with Crippen molar-refractivity contribution in [2.45, 2.75) is 40.7 Å². The average molecular weight is 324 g/mol. The lowest BCUT2D eigenvalue weighted by Crippen LogP contribution is -2.30. The van der Waals surface area contributed by atoms with Crippen molar-refractivity contribution in [3.05, 3.63) is 64.2 Å². The first kappa shape index (κ1) is 18.2. The predicted molar refractivity (Wildman–Crippen MR) is 101 cm³/mol. The van der Waals surface area contributed by atoms with Crippen LogP contribution in [0.1, 0.15) is 34.7 Å². The van der Waals surface area contributed by atoms with E-state index in [-0.39, 0.29) is 5.91 Å². The summed E-state index contributed by atoms with van der Waals surface area (Å²) in [6.07, 6.45) is 0.912. The van der Waals surface area contributed by atoms with E-state index in [0.717, 1.165) is 24.2 Å². The first-order valence-corrected chi connectivity index (χ1v) is 8.53. The summed E-state index contributed by atoms with van der Waals surface area (Å²) in [6, 6.07) is 12.6. The number of hydrogen-bond donors (Lipinski definition) is 1. The fourth-order valence-corrected chi connectivity index (χ4v) is 3.00. The Kier molecular flexibility index (Phi) is 6.16. The van der Waals surface area contributed by atoms with Crippen LogP contribution in [0.4, 0.5) is 5.69 Å². The number of nitrogens with one attached hydrogen (secondary N) is 1. The number of likely N-dealkylation sites (N-methyl/N-ethyl adjacent to an activating group) is 1. The number of rotatable bonds is 6. The molecule has 0 fully saturated rings. The molecule has 0 unspecified atom stereocenters. The van der Waals surface area contributed by atoms with Crippen molar-refractivity contribution in [2.24, 2.45) is 0 Å². The van der Waals surface area contributed by atoms with E-state index in [0.29, 0.717) is 6.54 Å². The van der Waals surface area contributed by atoms with E-state index >= 15 is 0 Å². The van der Waals surface area contributed by atoms with E-state index in [1.807, 2.05) is 26.1 Å². The van der Waals surface area contributed by atoms with Crippen LogP contribution >= 0.6 is 0 Å². The maximum atomic E-state index is 12.4. The molecule has 0 saturated carbocycles. The van der Waals surface area contributed by atoms with E-state index in [4.69, 9.17) is 0 Å². The van der Waals surface area contributed by atoms with Crippen LogP contribution < -0.4 is 5.32 Å². The summed E-state index contributed by atoms with van der Waals surface area (Å²) in [5, 5.41) is 3.09. The van der Waals surface area contributed by atoms with Gasteiger partial charge in [0.25, 0.3) is 0 Å². The van der Waals surface area contributed by atoms with Crippen LogP contribution in [0.25, 0.3) is 0 Å². The van der Waals surface area contributed by atoms with Crippen LogP contribution in [0.15, 0.2) is 36.4 Å². The molecule has 0 aliphatic heterocycles. The number of aryl methyl sites for hydroxylation is 4. The van der Waals surface area contributed by atoms with Crippen molar-refractivity contribution < 1.29 is 4.79 Å². The number of anilines is 1. The third kappa shape index (κ3) is 4.68. The zero-order chi connectivity index (χ0) is 17.7. The molecule has 128 valence electrons. The molecule has 0 heterocycles. The second kappa shape index (κ2) is 8.11. The maximum Gasteiger partial charge on any atom is 0.238 e. The van der Waals surface area contributed by atoms with Gasteiger partial charge in [-0.15, -0.1) is 0 Å². The molecule has 0 atom stereocenters. The molecule has 3 nitrogen and oxygen atoms in total. The molecule has 2 aromatic carbocycles. The lowest BCUT2D eigenvalue weighted by molar-refractivity contribution is -0.117. The number of carbonyl (C=O) groups excluding carboxylic acids is 1. The Bertz CT molecular complexity index is 722. The number of hydrogen-bond acceptors (Lipinski definition) is 2. The standard InChI is InChI=1S/C21H28N2O/c1-6-18-9-7-8-16(3)21(18)22-20(24)14-23(5)13-19-11-10-15(2)12-17(19)4/h7-12H,6,13-14H2,1-5H3,(H,22,24). The third-order valence-corrected chi connectivity index (χ3v) is 4.36. The number of para-hydroxylation sites is 1. The van der Waals surface area contributed by atoms with Gasteiger partial charge in [0, 0.05) is 12.2 Å². The minimum atomic E-state index is 0.0336. The van der Waals surface area contributed by atoms with Crippen molar-refractivity contribution in [3.63, 3.8) is 0 Å². The second-order valence-electron chi connectivity index (χ2n) is 6.61. The highest BCUT2D eigenvalue weighted by atomic mass is 16.2.